The summed E-state index contributed by atoms with van der Waals surface area (Å²) in [5.41, 5.74) is 1.21. The highest BCUT2D eigenvalue weighted by Crippen LogP contribution is 2.26. The van der Waals surface area contributed by atoms with Crippen molar-refractivity contribution in [3.8, 4) is 5.75 Å². The quantitative estimate of drug-likeness (QED) is 0.881. The van der Waals surface area contributed by atoms with Gasteiger partial charge in [-0.05, 0) is 50.3 Å². The maximum Gasteiger partial charge on any atom is 0.208 e. The lowest BCUT2D eigenvalue weighted by atomic mass is 9.91. The van der Waals surface area contributed by atoms with Crippen LogP contribution < -0.4 is 4.74 Å². The Balaban J connectivity index is 1.75. The second kappa shape index (κ2) is 7.81. The molecule has 0 aliphatic heterocycles. The van der Waals surface area contributed by atoms with Gasteiger partial charge in [-0.2, -0.15) is 0 Å². The minimum absolute atomic E-state index is 0.149. The molecule has 130 valence electrons. The summed E-state index contributed by atoms with van der Waals surface area (Å²) in [6, 6.07) is 8.61. The molecular weight excluding hydrogens is 304 g/mol. The van der Waals surface area contributed by atoms with E-state index < -0.39 is 0 Å². The molecule has 1 saturated carbocycles. The number of aliphatic hydroxyl groups excluding tert-OH is 1. The van der Waals surface area contributed by atoms with Crippen LogP contribution in [0, 0.1) is 6.92 Å². The molecule has 0 atom stereocenters. The standard InChI is InChI=1S/C19H26N2O3/c1-14-11-20-19(24-14)13-21(16-6-8-17(22)9-7-16)12-15-4-3-5-18(10-15)23-2/h3-5,10-11,16-17,22H,6-9,12-13H2,1-2H3. The molecule has 1 aliphatic rings. The first-order valence-corrected chi connectivity index (χ1v) is 8.60. The Kier molecular flexibility index (Phi) is 5.53. The third-order valence-electron chi connectivity index (χ3n) is 4.71. The van der Waals surface area contributed by atoms with Gasteiger partial charge in [0.2, 0.25) is 5.89 Å². The molecule has 0 saturated heterocycles. The first kappa shape index (κ1) is 17.0. The Morgan fingerprint density at radius 3 is 2.71 bits per heavy atom. The van der Waals surface area contributed by atoms with Crippen LogP contribution >= 0.6 is 0 Å². The normalized spacial score (nSPS) is 21.2. The monoisotopic (exact) mass is 330 g/mol. The molecule has 0 spiro atoms. The Labute approximate surface area is 143 Å². The van der Waals surface area contributed by atoms with Crippen LogP contribution in [0.1, 0.15) is 42.9 Å². The van der Waals surface area contributed by atoms with Crippen molar-refractivity contribution in [2.45, 2.75) is 57.8 Å². The molecule has 1 aliphatic carbocycles. The topological polar surface area (TPSA) is 58.7 Å². The van der Waals surface area contributed by atoms with Gasteiger partial charge >= 0.3 is 0 Å². The number of hydrogen-bond acceptors (Lipinski definition) is 5. The Morgan fingerprint density at radius 2 is 2.04 bits per heavy atom. The zero-order valence-corrected chi connectivity index (χ0v) is 14.4. The van der Waals surface area contributed by atoms with E-state index in [0.29, 0.717) is 12.6 Å². The summed E-state index contributed by atoms with van der Waals surface area (Å²) < 4.78 is 11.0. The number of rotatable bonds is 6. The molecule has 1 N–H and O–H groups in total. The maximum absolute atomic E-state index is 9.79. The van der Waals surface area contributed by atoms with Crippen LogP contribution in [0.15, 0.2) is 34.9 Å². The summed E-state index contributed by atoms with van der Waals surface area (Å²) in [7, 11) is 1.69. The molecular formula is C19H26N2O3. The van der Waals surface area contributed by atoms with E-state index in [0.717, 1.165) is 49.6 Å². The molecule has 5 nitrogen and oxygen atoms in total. The van der Waals surface area contributed by atoms with Gasteiger partial charge in [0.25, 0.3) is 0 Å². The minimum atomic E-state index is -0.149. The number of oxazole rings is 1. The van der Waals surface area contributed by atoms with Crippen molar-refractivity contribution in [2.24, 2.45) is 0 Å². The first-order chi connectivity index (χ1) is 11.6. The van der Waals surface area contributed by atoms with E-state index in [1.54, 1.807) is 13.3 Å². The van der Waals surface area contributed by atoms with Gasteiger partial charge in [0.15, 0.2) is 0 Å². The Bertz CT molecular complexity index is 648. The van der Waals surface area contributed by atoms with Gasteiger partial charge in [-0.15, -0.1) is 0 Å². The average molecular weight is 330 g/mol. The molecule has 5 heteroatoms. The fraction of sp³-hybridized carbons (Fsp3) is 0.526. The molecule has 1 aromatic carbocycles. The minimum Gasteiger partial charge on any atom is -0.497 e. The van der Waals surface area contributed by atoms with Crippen LogP contribution in [0.5, 0.6) is 5.75 Å². The molecule has 2 aromatic rings. The van der Waals surface area contributed by atoms with E-state index in [2.05, 4.69) is 22.0 Å². The van der Waals surface area contributed by atoms with Crippen molar-refractivity contribution in [3.05, 3.63) is 47.7 Å². The third-order valence-corrected chi connectivity index (χ3v) is 4.71. The van der Waals surface area contributed by atoms with Crippen LogP contribution in [-0.4, -0.2) is 34.2 Å². The Hall–Kier alpha value is -1.85. The molecule has 3 rings (SSSR count). The van der Waals surface area contributed by atoms with E-state index in [1.165, 1.54) is 5.56 Å². The lowest BCUT2D eigenvalue weighted by Crippen LogP contribution is -2.38. The highest BCUT2D eigenvalue weighted by molar-refractivity contribution is 5.28. The van der Waals surface area contributed by atoms with Gasteiger partial charge in [0.05, 0.1) is 26.0 Å². The Morgan fingerprint density at radius 1 is 1.25 bits per heavy atom. The molecule has 1 fully saturated rings. The van der Waals surface area contributed by atoms with Crippen molar-refractivity contribution in [3.63, 3.8) is 0 Å². The van der Waals surface area contributed by atoms with Gasteiger partial charge in [-0.25, -0.2) is 4.98 Å². The van der Waals surface area contributed by atoms with Crippen molar-refractivity contribution in [1.82, 2.24) is 9.88 Å². The van der Waals surface area contributed by atoms with Gasteiger partial charge in [-0.1, -0.05) is 12.1 Å². The second-order valence-corrected chi connectivity index (χ2v) is 6.58. The van der Waals surface area contributed by atoms with Crippen molar-refractivity contribution >= 4 is 0 Å². The predicted molar refractivity (Wildman–Crippen MR) is 91.7 cm³/mol. The molecule has 0 bridgehead atoms. The number of nitrogens with zero attached hydrogens (tertiary/aromatic N) is 2. The zero-order valence-electron chi connectivity index (χ0n) is 14.4. The van der Waals surface area contributed by atoms with E-state index in [4.69, 9.17) is 9.15 Å². The summed E-state index contributed by atoms with van der Waals surface area (Å²) >= 11 is 0. The van der Waals surface area contributed by atoms with Crippen molar-refractivity contribution in [1.29, 1.82) is 0 Å². The molecule has 24 heavy (non-hydrogen) atoms. The number of aromatic nitrogens is 1. The van der Waals surface area contributed by atoms with Gasteiger partial charge in [0.1, 0.15) is 11.5 Å². The summed E-state index contributed by atoms with van der Waals surface area (Å²) in [5, 5.41) is 9.79. The van der Waals surface area contributed by atoms with E-state index >= 15 is 0 Å². The number of ether oxygens (including phenoxy) is 1. The SMILES string of the molecule is COc1cccc(CN(Cc2ncc(C)o2)C2CCC(O)CC2)c1. The predicted octanol–water partition coefficient (Wildman–Crippen LogP) is 3.30. The average Bonchev–Trinajstić information content (AvgIpc) is 3.00. The van der Waals surface area contributed by atoms with Crippen LogP contribution in [0.3, 0.4) is 0 Å². The lowest BCUT2D eigenvalue weighted by Gasteiger charge is -2.35. The number of aliphatic hydroxyl groups is 1. The maximum atomic E-state index is 9.79. The van der Waals surface area contributed by atoms with Crippen LogP contribution in [0.4, 0.5) is 0 Å². The fourth-order valence-corrected chi connectivity index (χ4v) is 3.39. The van der Waals surface area contributed by atoms with Crippen LogP contribution in [-0.2, 0) is 13.1 Å². The fourth-order valence-electron chi connectivity index (χ4n) is 3.39. The summed E-state index contributed by atoms with van der Waals surface area (Å²) in [5.74, 6) is 2.46. The molecule has 0 unspecified atom stereocenters. The van der Waals surface area contributed by atoms with Gasteiger partial charge < -0.3 is 14.3 Å². The summed E-state index contributed by atoms with van der Waals surface area (Å²) in [4.78, 5) is 6.77. The largest absolute Gasteiger partial charge is 0.497 e. The number of benzene rings is 1. The molecule has 0 radical (unpaired) electrons. The lowest BCUT2D eigenvalue weighted by molar-refractivity contribution is 0.0623. The molecule has 1 heterocycles. The van der Waals surface area contributed by atoms with Crippen molar-refractivity contribution < 1.29 is 14.3 Å². The van der Waals surface area contributed by atoms with Gasteiger partial charge in [-0.3, -0.25) is 4.90 Å². The van der Waals surface area contributed by atoms with Gasteiger partial charge in [0, 0.05) is 12.6 Å². The van der Waals surface area contributed by atoms with E-state index in [9.17, 15) is 5.11 Å². The van der Waals surface area contributed by atoms with Crippen LogP contribution in [0.25, 0.3) is 0 Å². The first-order valence-electron chi connectivity index (χ1n) is 8.60. The highest BCUT2D eigenvalue weighted by atomic mass is 16.5. The van der Waals surface area contributed by atoms with E-state index in [-0.39, 0.29) is 6.10 Å². The zero-order chi connectivity index (χ0) is 16.9. The van der Waals surface area contributed by atoms with E-state index in [1.807, 2.05) is 19.1 Å². The third kappa shape index (κ3) is 4.36. The van der Waals surface area contributed by atoms with Crippen molar-refractivity contribution in [2.75, 3.05) is 7.11 Å². The smallest absolute Gasteiger partial charge is 0.208 e. The number of methoxy groups -OCH3 is 1. The second-order valence-electron chi connectivity index (χ2n) is 6.58. The molecule has 1 aromatic heterocycles. The summed E-state index contributed by atoms with van der Waals surface area (Å²) in [6.07, 6.45) is 5.36. The highest BCUT2D eigenvalue weighted by Gasteiger charge is 2.26. The number of hydrogen-bond donors (Lipinski definition) is 1. The number of aryl methyl sites for hydroxylation is 1. The summed E-state index contributed by atoms with van der Waals surface area (Å²) in [6.45, 7) is 3.42. The molecule has 0 amide bonds. The van der Waals surface area contributed by atoms with Crippen LogP contribution in [0.2, 0.25) is 0 Å².